The summed E-state index contributed by atoms with van der Waals surface area (Å²) in [6.45, 7) is 2.21. The first-order chi connectivity index (χ1) is 9.13. The summed E-state index contributed by atoms with van der Waals surface area (Å²) in [5.41, 5.74) is 7.81. The van der Waals surface area contributed by atoms with Crippen molar-refractivity contribution in [2.24, 2.45) is 7.05 Å². The third kappa shape index (κ3) is 2.62. The predicted molar refractivity (Wildman–Crippen MR) is 76.0 cm³/mol. The number of aromatic nitrogens is 3. The summed E-state index contributed by atoms with van der Waals surface area (Å²) < 4.78 is 1.94. The summed E-state index contributed by atoms with van der Waals surface area (Å²) in [6.07, 6.45) is 3.46. The number of nitrogen functional groups attached to an aromatic ring is 1. The van der Waals surface area contributed by atoms with Crippen molar-refractivity contribution in [3.05, 3.63) is 41.5 Å². The maximum atomic E-state index is 5.71. The van der Waals surface area contributed by atoms with Gasteiger partial charge >= 0.3 is 0 Å². The quantitative estimate of drug-likeness (QED) is 0.855. The predicted octanol–water partition coefficient (Wildman–Crippen LogP) is 2.62. The van der Waals surface area contributed by atoms with E-state index in [1.54, 1.807) is 0 Å². The molecule has 0 radical (unpaired) electrons. The standard InChI is InChI=1S/C15H20N4/c1-10(9-11-3-7-13(16)8-4-11)15-17-14(12-5-6-12)18-19(15)2/h3-4,7-8,10,12H,5-6,9,16H2,1-2H3. The van der Waals surface area contributed by atoms with Crippen molar-refractivity contribution in [3.8, 4) is 0 Å². The highest BCUT2D eigenvalue weighted by Gasteiger charge is 2.29. The molecule has 4 nitrogen and oxygen atoms in total. The molecule has 0 bridgehead atoms. The molecular formula is C15H20N4. The van der Waals surface area contributed by atoms with E-state index < -0.39 is 0 Å². The zero-order valence-electron chi connectivity index (χ0n) is 11.5. The van der Waals surface area contributed by atoms with Gasteiger partial charge in [-0.1, -0.05) is 19.1 Å². The minimum atomic E-state index is 0.369. The molecular weight excluding hydrogens is 236 g/mol. The van der Waals surface area contributed by atoms with Crippen molar-refractivity contribution in [3.63, 3.8) is 0 Å². The zero-order valence-corrected chi connectivity index (χ0v) is 11.5. The number of hydrogen-bond acceptors (Lipinski definition) is 3. The fourth-order valence-corrected chi connectivity index (χ4v) is 2.46. The second kappa shape index (κ2) is 4.68. The van der Waals surface area contributed by atoms with Crippen molar-refractivity contribution < 1.29 is 0 Å². The highest BCUT2D eigenvalue weighted by molar-refractivity contribution is 5.39. The molecule has 0 amide bonds. The first-order valence-electron chi connectivity index (χ1n) is 6.88. The molecule has 1 aromatic heterocycles. The van der Waals surface area contributed by atoms with Crippen LogP contribution in [0.2, 0.25) is 0 Å². The van der Waals surface area contributed by atoms with Gasteiger partial charge in [0.15, 0.2) is 5.82 Å². The Labute approximate surface area is 113 Å². The van der Waals surface area contributed by atoms with Crippen LogP contribution in [0.1, 0.15) is 48.8 Å². The van der Waals surface area contributed by atoms with Crippen LogP contribution in [0, 0.1) is 0 Å². The fourth-order valence-electron chi connectivity index (χ4n) is 2.46. The van der Waals surface area contributed by atoms with Gasteiger partial charge in [0.2, 0.25) is 0 Å². The Balaban J connectivity index is 1.75. The molecule has 1 saturated carbocycles. The van der Waals surface area contributed by atoms with Crippen molar-refractivity contribution in [2.45, 2.75) is 38.0 Å². The lowest BCUT2D eigenvalue weighted by Gasteiger charge is -2.10. The van der Waals surface area contributed by atoms with Gasteiger partial charge in [0.1, 0.15) is 5.82 Å². The van der Waals surface area contributed by atoms with Crippen LogP contribution in [0.3, 0.4) is 0 Å². The Morgan fingerprint density at radius 3 is 2.63 bits per heavy atom. The van der Waals surface area contributed by atoms with Crippen LogP contribution in [-0.2, 0) is 13.5 Å². The average Bonchev–Trinajstić information content (AvgIpc) is 3.16. The molecule has 1 heterocycles. The molecule has 1 aromatic carbocycles. The molecule has 19 heavy (non-hydrogen) atoms. The van der Waals surface area contributed by atoms with Crippen molar-refractivity contribution in [1.82, 2.24) is 14.8 Å². The van der Waals surface area contributed by atoms with Gasteiger partial charge in [-0.05, 0) is 37.0 Å². The first kappa shape index (κ1) is 12.2. The molecule has 0 saturated heterocycles. The van der Waals surface area contributed by atoms with E-state index in [2.05, 4.69) is 24.2 Å². The molecule has 1 fully saturated rings. The Hall–Kier alpha value is -1.84. The van der Waals surface area contributed by atoms with Gasteiger partial charge in [0.05, 0.1) is 0 Å². The molecule has 0 spiro atoms. The van der Waals surface area contributed by atoms with Gasteiger partial charge in [-0.2, -0.15) is 5.10 Å². The van der Waals surface area contributed by atoms with Crippen LogP contribution in [0.15, 0.2) is 24.3 Å². The molecule has 1 aliphatic rings. The number of nitrogens with zero attached hydrogens (tertiary/aromatic N) is 3. The Morgan fingerprint density at radius 1 is 1.32 bits per heavy atom. The Bertz CT molecular complexity index is 566. The first-order valence-corrected chi connectivity index (χ1v) is 6.88. The summed E-state index contributed by atoms with van der Waals surface area (Å²) in [6, 6.07) is 8.08. The van der Waals surface area contributed by atoms with Crippen LogP contribution in [0.4, 0.5) is 5.69 Å². The minimum absolute atomic E-state index is 0.369. The number of aryl methyl sites for hydroxylation is 1. The van der Waals surface area contributed by atoms with Crippen LogP contribution >= 0.6 is 0 Å². The number of benzene rings is 1. The van der Waals surface area contributed by atoms with E-state index in [4.69, 9.17) is 10.7 Å². The van der Waals surface area contributed by atoms with Crippen molar-refractivity contribution in [2.75, 3.05) is 5.73 Å². The molecule has 1 unspecified atom stereocenters. The van der Waals surface area contributed by atoms with E-state index in [0.29, 0.717) is 11.8 Å². The number of hydrogen-bond donors (Lipinski definition) is 1. The highest BCUT2D eigenvalue weighted by Crippen LogP contribution is 2.38. The lowest BCUT2D eigenvalue weighted by molar-refractivity contribution is 0.619. The van der Waals surface area contributed by atoms with Gasteiger partial charge in [-0.25, -0.2) is 4.98 Å². The zero-order chi connectivity index (χ0) is 13.4. The molecule has 0 aliphatic heterocycles. The largest absolute Gasteiger partial charge is 0.399 e. The van der Waals surface area contributed by atoms with Crippen LogP contribution in [0.5, 0.6) is 0 Å². The molecule has 2 N–H and O–H groups in total. The number of anilines is 1. The summed E-state index contributed by atoms with van der Waals surface area (Å²) in [7, 11) is 1.99. The lowest BCUT2D eigenvalue weighted by Crippen LogP contribution is -2.07. The van der Waals surface area contributed by atoms with Crippen molar-refractivity contribution >= 4 is 5.69 Å². The third-order valence-electron chi connectivity index (χ3n) is 3.72. The topological polar surface area (TPSA) is 56.7 Å². The Morgan fingerprint density at radius 2 is 2.00 bits per heavy atom. The van der Waals surface area contributed by atoms with E-state index in [-0.39, 0.29) is 0 Å². The molecule has 2 aromatic rings. The van der Waals surface area contributed by atoms with Gasteiger partial charge < -0.3 is 5.73 Å². The summed E-state index contributed by atoms with van der Waals surface area (Å²) in [5, 5.41) is 4.54. The monoisotopic (exact) mass is 256 g/mol. The molecule has 1 atom stereocenters. The molecule has 3 rings (SSSR count). The van der Waals surface area contributed by atoms with E-state index in [9.17, 15) is 0 Å². The van der Waals surface area contributed by atoms with Crippen LogP contribution in [0.25, 0.3) is 0 Å². The van der Waals surface area contributed by atoms with Crippen LogP contribution < -0.4 is 5.73 Å². The van der Waals surface area contributed by atoms with Gasteiger partial charge in [-0.15, -0.1) is 0 Å². The van der Waals surface area contributed by atoms with Crippen molar-refractivity contribution in [1.29, 1.82) is 0 Å². The highest BCUT2D eigenvalue weighted by atomic mass is 15.3. The fraction of sp³-hybridized carbons (Fsp3) is 0.467. The smallest absolute Gasteiger partial charge is 0.154 e. The number of rotatable bonds is 4. The van der Waals surface area contributed by atoms with Crippen LogP contribution in [-0.4, -0.2) is 14.8 Å². The Kier molecular flexibility index (Phi) is 3.01. The second-order valence-corrected chi connectivity index (χ2v) is 5.57. The SMILES string of the molecule is CC(Cc1ccc(N)cc1)c1nc(C2CC2)nn1C. The lowest BCUT2D eigenvalue weighted by atomic mass is 10.0. The molecule has 1 aliphatic carbocycles. The summed E-state index contributed by atoms with van der Waals surface area (Å²) >= 11 is 0. The summed E-state index contributed by atoms with van der Waals surface area (Å²) in [4.78, 5) is 4.71. The normalized spacial score (nSPS) is 16.5. The summed E-state index contributed by atoms with van der Waals surface area (Å²) in [5.74, 6) is 3.10. The van der Waals surface area contributed by atoms with Gasteiger partial charge in [-0.3, -0.25) is 4.68 Å². The molecule has 100 valence electrons. The van der Waals surface area contributed by atoms with E-state index in [0.717, 1.165) is 23.8 Å². The van der Waals surface area contributed by atoms with Gasteiger partial charge in [0.25, 0.3) is 0 Å². The van der Waals surface area contributed by atoms with E-state index >= 15 is 0 Å². The van der Waals surface area contributed by atoms with E-state index in [1.165, 1.54) is 18.4 Å². The maximum Gasteiger partial charge on any atom is 0.154 e. The minimum Gasteiger partial charge on any atom is -0.399 e. The second-order valence-electron chi connectivity index (χ2n) is 5.57. The van der Waals surface area contributed by atoms with E-state index in [1.807, 2.05) is 23.9 Å². The maximum absolute atomic E-state index is 5.71. The number of nitrogens with two attached hydrogens (primary N) is 1. The average molecular weight is 256 g/mol. The van der Waals surface area contributed by atoms with Gasteiger partial charge in [0, 0.05) is 24.6 Å². The third-order valence-corrected chi connectivity index (χ3v) is 3.72. The molecule has 4 heteroatoms.